The second kappa shape index (κ2) is 9.82. The van der Waals surface area contributed by atoms with E-state index in [9.17, 15) is 9.59 Å². The fourth-order valence-electron chi connectivity index (χ4n) is 3.32. The van der Waals surface area contributed by atoms with Crippen molar-refractivity contribution in [3.63, 3.8) is 0 Å². The Labute approximate surface area is 169 Å². The van der Waals surface area contributed by atoms with Crippen molar-refractivity contribution in [3.05, 3.63) is 53.6 Å². The fraction of sp³-hybridized carbons (Fsp3) is 0.364. The van der Waals surface area contributed by atoms with Crippen LogP contribution in [0.1, 0.15) is 41.6 Å². The molecule has 154 valence electrons. The van der Waals surface area contributed by atoms with E-state index in [1.165, 1.54) is 6.07 Å². The standard InChI is InChI=1S/C22H25NO6/c1-27-19-11-5-7-16(21(19)29-17-8-2-3-9-17)13-23-22(26)15-6-4-10-18(12-15)28-14-20(24)25/h4-7,10-12,17H,2-3,8-9,13-14H2,1H3,(H,23,26)(H,24,25). The van der Waals surface area contributed by atoms with Gasteiger partial charge < -0.3 is 24.6 Å². The molecule has 0 bridgehead atoms. The van der Waals surface area contributed by atoms with Crippen LogP contribution in [0.3, 0.4) is 0 Å². The van der Waals surface area contributed by atoms with Crippen LogP contribution in [0.2, 0.25) is 0 Å². The SMILES string of the molecule is COc1cccc(CNC(=O)c2cccc(OCC(=O)O)c2)c1OC1CCCC1. The van der Waals surface area contributed by atoms with Gasteiger partial charge in [-0.1, -0.05) is 18.2 Å². The summed E-state index contributed by atoms with van der Waals surface area (Å²) in [7, 11) is 1.60. The lowest BCUT2D eigenvalue weighted by Crippen LogP contribution is -2.24. The molecule has 2 N–H and O–H groups in total. The number of para-hydroxylation sites is 1. The Hall–Kier alpha value is -3.22. The van der Waals surface area contributed by atoms with Crippen LogP contribution in [0.15, 0.2) is 42.5 Å². The summed E-state index contributed by atoms with van der Waals surface area (Å²) in [6.45, 7) is -0.185. The van der Waals surface area contributed by atoms with Crippen LogP contribution < -0.4 is 19.5 Å². The van der Waals surface area contributed by atoms with E-state index >= 15 is 0 Å². The number of ether oxygens (including phenoxy) is 3. The van der Waals surface area contributed by atoms with Crippen LogP contribution in [0.4, 0.5) is 0 Å². The van der Waals surface area contributed by atoms with Crippen molar-refractivity contribution >= 4 is 11.9 Å². The van der Waals surface area contributed by atoms with Crippen LogP contribution in [0.5, 0.6) is 17.2 Å². The van der Waals surface area contributed by atoms with Crippen molar-refractivity contribution in [2.75, 3.05) is 13.7 Å². The van der Waals surface area contributed by atoms with E-state index in [-0.39, 0.29) is 18.6 Å². The van der Waals surface area contributed by atoms with Gasteiger partial charge >= 0.3 is 5.97 Å². The number of carboxylic acids is 1. The molecule has 0 saturated heterocycles. The van der Waals surface area contributed by atoms with Gasteiger partial charge in [0.2, 0.25) is 0 Å². The summed E-state index contributed by atoms with van der Waals surface area (Å²) in [6, 6.07) is 12.0. The summed E-state index contributed by atoms with van der Waals surface area (Å²) in [5.41, 5.74) is 1.22. The second-order valence-corrected chi connectivity index (χ2v) is 6.87. The largest absolute Gasteiger partial charge is 0.493 e. The van der Waals surface area contributed by atoms with Gasteiger partial charge in [-0.2, -0.15) is 0 Å². The zero-order chi connectivity index (χ0) is 20.6. The topological polar surface area (TPSA) is 94.1 Å². The average molecular weight is 399 g/mol. The van der Waals surface area contributed by atoms with Crippen LogP contribution in [-0.2, 0) is 11.3 Å². The Morgan fingerprint density at radius 1 is 1.14 bits per heavy atom. The number of amides is 1. The number of aliphatic carboxylic acids is 1. The third-order valence-electron chi connectivity index (χ3n) is 4.77. The molecule has 2 aromatic rings. The molecule has 0 heterocycles. The van der Waals surface area contributed by atoms with Crippen LogP contribution in [-0.4, -0.2) is 36.8 Å². The summed E-state index contributed by atoms with van der Waals surface area (Å²) in [5, 5.41) is 11.6. The van der Waals surface area contributed by atoms with Gasteiger partial charge in [0.05, 0.1) is 13.2 Å². The average Bonchev–Trinajstić information content (AvgIpc) is 3.24. The van der Waals surface area contributed by atoms with E-state index in [1.54, 1.807) is 25.3 Å². The Kier molecular flexibility index (Phi) is 6.94. The predicted molar refractivity (Wildman–Crippen MR) is 107 cm³/mol. The molecule has 0 unspecified atom stereocenters. The summed E-state index contributed by atoms with van der Waals surface area (Å²) >= 11 is 0. The molecule has 1 aliphatic rings. The van der Waals surface area contributed by atoms with Crippen molar-refractivity contribution in [2.24, 2.45) is 0 Å². The number of carbonyl (C=O) groups is 2. The van der Waals surface area contributed by atoms with Gasteiger partial charge in [0.25, 0.3) is 5.91 Å². The van der Waals surface area contributed by atoms with E-state index in [1.807, 2.05) is 18.2 Å². The molecule has 3 rings (SSSR count). The number of carboxylic acid groups (broad SMARTS) is 1. The van der Waals surface area contributed by atoms with Crippen LogP contribution >= 0.6 is 0 Å². The monoisotopic (exact) mass is 399 g/mol. The van der Waals surface area contributed by atoms with Crippen molar-refractivity contribution in [2.45, 2.75) is 38.3 Å². The molecular weight excluding hydrogens is 374 g/mol. The molecule has 1 aliphatic carbocycles. The molecule has 0 aliphatic heterocycles. The first-order chi connectivity index (χ1) is 14.1. The number of benzene rings is 2. The Bertz CT molecular complexity index is 860. The number of methoxy groups -OCH3 is 1. The third kappa shape index (κ3) is 5.63. The van der Waals surface area contributed by atoms with E-state index < -0.39 is 12.6 Å². The maximum Gasteiger partial charge on any atom is 0.341 e. The summed E-state index contributed by atoms with van der Waals surface area (Å²) < 4.78 is 16.8. The van der Waals surface area contributed by atoms with Gasteiger partial charge in [-0.3, -0.25) is 4.79 Å². The highest BCUT2D eigenvalue weighted by Gasteiger charge is 2.21. The normalized spacial score (nSPS) is 13.7. The highest BCUT2D eigenvalue weighted by molar-refractivity contribution is 5.94. The van der Waals surface area contributed by atoms with E-state index in [2.05, 4.69) is 5.32 Å². The van der Waals surface area contributed by atoms with Gasteiger partial charge in [-0.25, -0.2) is 4.79 Å². The zero-order valence-corrected chi connectivity index (χ0v) is 16.3. The van der Waals surface area contributed by atoms with E-state index in [0.29, 0.717) is 22.8 Å². The maximum atomic E-state index is 12.6. The van der Waals surface area contributed by atoms with Gasteiger partial charge in [-0.15, -0.1) is 0 Å². The third-order valence-corrected chi connectivity index (χ3v) is 4.77. The minimum absolute atomic E-state index is 0.170. The second-order valence-electron chi connectivity index (χ2n) is 6.87. The molecule has 1 amide bonds. The lowest BCUT2D eigenvalue weighted by molar-refractivity contribution is -0.139. The first-order valence-corrected chi connectivity index (χ1v) is 9.62. The summed E-state index contributed by atoms with van der Waals surface area (Å²) in [4.78, 5) is 23.2. The van der Waals surface area contributed by atoms with Crippen molar-refractivity contribution in [1.82, 2.24) is 5.32 Å². The molecule has 7 heteroatoms. The van der Waals surface area contributed by atoms with E-state index in [4.69, 9.17) is 19.3 Å². The van der Waals surface area contributed by atoms with Gasteiger partial charge in [0.1, 0.15) is 5.75 Å². The lowest BCUT2D eigenvalue weighted by atomic mass is 10.1. The first-order valence-electron chi connectivity index (χ1n) is 9.62. The highest BCUT2D eigenvalue weighted by atomic mass is 16.5. The predicted octanol–water partition coefficient (Wildman–Crippen LogP) is 3.41. The minimum atomic E-state index is -1.08. The highest BCUT2D eigenvalue weighted by Crippen LogP contribution is 2.34. The number of nitrogens with one attached hydrogen (secondary N) is 1. The molecule has 29 heavy (non-hydrogen) atoms. The molecule has 1 fully saturated rings. The zero-order valence-electron chi connectivity index (χ0n) is 16.3. The molecule has 7 nitrogen and oxygen atoms in total. The summed E-state index contributed by atoms with van der Waals surface area (Å²) in [6.07, 6.45) is 4.53. The molecule has 1 saturated carbocycles. The quantitative estimate of drug-likeness (QED) is 0.671. The van der Waals surface area contributed by atoms with Crippen LogP contribution in [0, 0.1) is 0 Å². The van der Waals surface area contributed by atoms with Crippen LogP contribution in [0.25, 0.3) is 0 Å². The number of carbonyl (C=O) groups excluding carboxylic acids is 1. The summed E-state index contributed by atoms with van der Waals surface area (Å²) in [5.74, 6) is 0.272. The Morgan fingerprint density at radius 3 is 2.62 bits per heavy atom. The number of hydrogen-bond acceptors (Lipinski definition) is 5. The number of hydrogen-bond donors (Lipinski definition) is 2. The van der Waals surface area contributed by atoms with Crippen molar-refractivity contribution in [1.29, 1.82) is 0 Å². The van der Waals surface area contributed by atoms with E-state index in [0.717, 1.165) is 31.2 Å². The van der Waals surface area contributed by atoms with Gasteiger partial charge in [-0.05, 0) is 49.9 Å². The van der Waals surface area contributed by atoms with Gasteiger partial charge in [0.15, 0.2) is 18.1 Å². The maximum absolute atomic E-state index is 12.6. The first kappa shape index (κ1) is 20.5. The molecule has 0 atom stereocenters. The van der Waals surface area contributed by atoms with Crippen molar-refractivity contribution < 1.29 is 28.9 Å². The number of rotatable bonds is 9. The molecule has 2 aromatic carbocycles. The Balaban J connectivity index is 1.68. The van der Waals surface area contributed by atoms with Crippen molar-refractivity contribution in [3.8, 4) is 17.2 Å². The molecule has 0 aromatic heterocycles. The fourth-order valence-corrected chi connectivity index (χ4v) is 3.32. The molecule has 0 radical (unpaired) electrons. The van der Waals surface area contributed by atoms with Gasteiger partial charge in [0, 0.05) is 17.7 Å². The lowest BCUT2D eigenvalue weighted by Gasteiger charge is -2.19. The minimum Gasteiger partial charge on any atom is -0.493 e. The smallest absolute Gasteiger partial charge is 0.341 e. The Morgan fingerprint density at radius 2 is 1.90 bits per heavy atom. The molecular formula is C22H25NO6. The molecule has 0 spiro atoms.